The highest BCUT2D eigenvalue weighted by atomic mass is 32.1. The number of benzene rings is 1. The molecule has 0 bridgehead atoms. The fourth-order valence-corrected chi connectivity index (χ4v) is 4.25. The Hall–Kier alpha value is -3.27. The highest BCUT2D eigenvalue weighted by Crippen LogP contribution is 2.19. The molecule has 1 aliphatic rings. The van der Waals surface area contributed by atoms with E-state index in [0.717, 1.165) is 6.42 Å². The number of esters is 1. The van der Waals surface area contributed by atoms with Gasteiger partial charge in [0.1, 0.15) is 0 Å². The summed E-state index contributed by atoms with van der Waals surface area (Å²) in [4.78, 5) is 56.8. The number of aromatic nitrogens is 1. The standard InChI is InChI=1S/C23H28N4O5S/c1-3-32-22(31)17-10-7-11-27(13-17)20(29)14-26(2)19(28)12-18-15-33-23(24-18)25-21(30)16-8-5-4-6-9-16/h4-6,8-9,15,17H,3,7,10-14H2,1-2H3,(H,24,25,30). The van der Waals surface area contributed by atoms with Crippen molar-refractivity contribution in [1.29, 1.82) is 0 Å². The van der Waals surface area contributed by atoms with Crippen LogP contribution < -0.4 is 5.32 Å². The number of ether oxygens (including phenoxy) is 1. The van der Waals surface area contributed by atoms with Crippen LogP contribution in [0.4, 0.5) is 5.13 Å². The summed E-state index contributed by atoms with van der Waals surface area (Å²) in [5.74, 6) is -1.32. The molecule has 1 unspecified atom stereocenters. The van der Waals surface area contributed by atoms with Crippen LogP contribution in [-0.4, -0.2) is 71.8 Å². The van der Waals surface area contributed by atoms with E-state index in [1.54, 1.807) is 48.5 Å². The smallest absolute Gasteiger partial charge is 0.310 e. The van der Waals surface area contributed by atoms with Gasteiger partial charge in [0.05, 0.1) is 31.2 Å². The lowest BCUT2D eigenvalue weighted by Crippen LogP contribution is -2.47. The van der Waals surface area contributed by atoms with E-state index in [4.69, 9.17) is 4.74 Å². The monoisotopic (exact) mass is 472 g/mol. The zero-order valence-corrected chi connectivity index (χ0v) is 19.6. The number of anilines is 1. The molecule has 176 valence electrons. The van der Waals surface area contributed by atoms with Gasteiger partial charge < -0.3 is 14.5 Å². The molecule has 3 rings (SSSR count). The van der Waals surface area contributed by atoms with Gasteiger partial charge in [-0.1, -0.05) is 18.2 Å². The molecule has 0 aliphatic carbocycles. The molecule has 0 spiro atoms. The number of carbonyl (C=O) groups excluding carboxylic acids is 4. The number of likely N-dealkylation sites (tertiary alicyclic amines) is 1. The number of hydrogen-bond acceptors (Lipinski definition) is 7. The van der Waals surface area contributed by atoms with Crippen LogP contribution in [0.5, 0.6) is 0 Å². The van der Waals surface area contributed by atoms with Crippen molar-refractivity contribution in [2.45, 2.75) is 26.2 Å². The van der Waals surface area contributed by atoms with Gasteiger partial charge in [-0.3, -0.25) is 24.5 Å². The van der Waals surface area contributed by atoms with Crippen molar-refractivity contribution in [3.8, 4) is 0 Å². The summed E-state index contributed by atoms with van der Waals surface area (Å²) in [6, 6.07) is 8.79. The number of thiazole rings is 1. The zero-order valence-electron chi connectivity index (χ0n) is 18.8. The first-order valence-corrected chi connectivity index (χ1v) is 11.7. The maximum Gasteiger partial charge on any atom is 0.310 e. The molecule has 10 heteroatoms. The first-order valence-electron chi connectivity index (χ1n) is 10.9. The molecular formula is C23H28N4O5S. The minimum Gasteiger partial charge on any atom is -0.466 e. The summed E-state index contributed by atoms with van der Waals surface area (Å²) < 4.78 is 5.07. The third kappa shape index (κ3) is 6.85. The second-order valence-corrected chi connectivity index (χ2v) is 8.68. The number of likely N-dealkylation sites (N-methyl/N-ethyl adjacent to an activating group) is 1. The first-order chi connectivity index (χ1) is 15.9. The molecule has 1 aromatic heterocycles. The maximum absolute atomic E-state index is 12.7. The summed E-state index contributed by atoms with van der Waals surface area (Å²) in [6.07, 6.45) is 1.44. The SMILES string of the molecule is CCOC(=O)C1CCCN(C(=O)CN(C)C(=O)Cc2csc(NC(=O)c3ccccc3)n2)C1. The molecule has 1 aromatic carbocycles. The highest BCUT2D eigenvalue weighted by Gasteiger charge is 2.30. The Kier molecular flexibility index (Phi) is 8.53. The lowest BCUT2D eigenvalue weighted by Gasteiger charge is -2.32. The van der Waals surface area contributed by atoms with E-state index in [2.05, 4.69) is 10.3 Å². The van der Waals surface area contributed by atoms with Crippen molar-refractivity contribution in [2.75, 3.05) is 38.6 Å². The largest absolute Gasteiger partial charge is 0.466 e. The van der Waals surface area contributed by atoms with E-state index >= 15 is 0 Å². The van der Waals surface area contributed by atoms with Gasteiger partial charge in [0.15, 0.2) is 5.13 Å². The van der Waals surface area contributed by atoms with Gasteiger partial charge in [-0.15, -0.1) is 11.3 Å². The molecule has 9 nitrogen and oxygen atoms in total. The summed E-state index contributed by atoms with van der Waals surface area (Å²) in [5.41, 5.74) is 1.04. The number of hydrogen-bond donors (Lipinski definition) is 1. The number of rotatable bonds is 8. The normalized spacial score (nSPS) is 15.6. The predicted molar refractivity (Wildman–Crippen MR) is 124 cm³/mol. The highest BCUT2D eigenvalue weighted by molar-refractivity contribution is 7.14. The molecule has 1 aliphatic heterocycles. The Morgan fingerprint density at radius 3 is 2.73 bits per heavy atom. The van der Waals surface area contributed by atoms with Crippen LogP contribution in [0, 0.1) is 5.92 Å². The van der Waals surface area contributed by atoms with Crippen molar-refractivity contribution < 1.29 is 23.9 Å². The molecule has 2 heterocycles. The Morgan fingerprint density at radius 1 is 1.24 bits per heavy atom. The first kappa shape index (κ1) is 24.4. The van der Waals surface area contributed by atoms with Crippen LogP contribution in [0.1, 0.15) is 35.8 Å². The molecule has 3 amide bonds. The van der Waals surface area contributed by atoms with Gasteiger partial charge in [-0.05, 0) is 31.9 Å². The second-order valence-electron chi connectivity index (χ2n) is 7.82. The molecule has 1 atom stereocenters. The minimum atomic E-state index is -0.316. The number of amides is 3. The quantitative estimate of drug-likeness (QED) is 0.590. The van der Waals surface area contributed by atoms with Gasteiger partial charge in [0.25, 0.3) is 5.91 Å². The summed E-state index contributed by atoms with van der Waals surface area (Å²) in [7, 11) is 1.57. The van der Waals surface area contributed by atoms with E-state index in [9.17, 15) is 19.2 Å². The predicted octanol–water partition coefficient (Wildman–Crippen LogP) is 2.20. The number of nitrogens with zero attached hydrogens (tertiary/aromatic N) is 3. The Morgan fingerprint density at radius 2 is 2.00 bits per heavy atom. The van der Waals surface area contributed by atoms with Crippen LogP contribution in [0.15, 0.2) is 35.7 Å². The van der Waals surface area contributed by atoms with Gasteiger partial charge in [-0.25, -0.2) is 4.98 Å². The average molecular weight is 473 g/mol. The molecular weight excluding hydrogens is 444 g/mol. The van der Waals surface area contributed by atoms with E-state index in [1.165, 1.54) is 16.2 Å². The number of carbonyl (C=O) groups is 4. The van der Waals surface area contributed by atoms with Crippen LogP contribution in [-0.2, 0) is 25.5 Å². The van der Waals surface area contributed by atoms with Crippen LogP contribution >= 0.6 is 11.3 Å². The lowest BCUT2D eigenvalue weighted by molar-refractivity contribution is -0.152. The minimum absolute atomic E-state index is 0.0208. The Bertz CT molecular complexity index is 994. The van der Waals surface area contributed by atoms with Gasteiger partial charge >= 0.3 is 5.97 Å². The van der Waals surface area contributed by atoms with E-state index in [-0.39, 0.29) is 42.6 Å². The van der Waals surface area contributed by atoms with Crippen molar-refractivity contribution >= 4 is 40.2 Å². The molecule has 0 radical (unpaired) electrons. The third-order valence-electron chi connectivity index (χ3n) is 5.33. The Labute approximate surface area is 196 Å². The molecule has 0 saturated carbocycles. The van der Waals surface area contributed by atoms with Crippen molar-refractivity contribution in [3.63, 3.8) is 0 Å². The van der Waals surface area contributed by atoms with Crippen LogP contribution in [0.25, 0.3) is 0 Å². The van der Waals surface area contributed by atoms with Crippen molar-refractivity contribution in [3.05, 3.63) is 47.0 Å². The van der Waals surface area contributed by atoms with Gasteiger partial charge in [0.2, 0.25) is 11.8 Å². The van der Waals surface area contributed by atoms with Crippen LogP contribution in [0.3, 0.4) is 0 Å². The third-order valence-corrected chi connectivity index (χ3v) is 6.14. The second kappa shape index (κ2) is 11.6. The Balaban J connectivity index is 1.49. The molecule has 1 N–H and O–H groups in total. The molecule has 2 aromatic rings. The van der Waals surface area contributed by atoms with Gasteiger partial charge in [0, 0.05) is 31.1 Å². The molecule has 1 saturated heterocycles. The number of piperidine rings is 1. The van der Waals surface area contributed by atoms with E-state index in [0.29, 0.717) is 42.5 Å². The van der Waals surface area contributed by atoms with Gasteiger partial charge in [-0.2, -0.15) is 0 Å². The average Bonchev–Trinajstić information content (AvgIpc) is 3.26. The topological polar surface area (TPSA) is 109 Å². The molecule has 1 fully saturated rings. The summed E-state index contributed by atoms with van der Waals surface area (Å²) >= 11 is 1.24. The van der Waals surface area contributed by atoms with Crippen LogP contribution in [0.2, 0.25) is 0 Å². The van der Waals surface area contributed by atoms with E-state index < -0.39 is 0 Å². The van der Waals surface area contributed by atoms with E-state index in [1.807, 2.05) is 6.07 Å². The summed E-state index contributed by atoms with van der Waals surface area (Å²) in [5, 5.41) is 4.84. The number of nitrogens with one attached hydrogen (secondary N) is 1. The summed E-state index contributed by atoms with van der Waals surface area (Å²) in [6.45, 7) is 2.88. The van der Waals surface area contributed by atoms with Crippen molar-refractivity contribution in [2.24, 2.45) is 5.92 Å². The lowest BCUT2D eigenvalue weighted by atomic mass is 9.98. The molecule has 33 heavy (non-hydrogen) atoms. The fourth-order valence-electron chi connectivity index (χ4n) is 3.54. The maximum atomic E-state index is 12.7. The zero-order chi connectivity index (χ0) is 23.8. The fraction of sp³-hybridized carbons (Fsp3) is 0.435. The van der Waals surface area contributed by atoms with Crippen molar-refractivity contribution in [1.82, 2.24) is 14.8 Å².